The maximum Gasteiger partial charge on any atom is 0.254 e. The summed E-state index contributed by atoms with van der Waals surface area (Å²) >= 11 is 0. The van der Waals surface area contributed by atoms with Crippen molar-refractivity contribution < 1.29 is 4.79 Å². The van der Waals surface area contributed by atoms with Crippen molar-refractivity contribution in [3.8, 4) is 11.8 Å². The maximum absolute atomic E-state index is 11.4. The number of nitriles is 1. The molecule has 0 atom stereocenters. The fourth-order valence-corrected chi connectivity index (χ4v) is 2.90. The van der Waals surface area contributed by atoms with Crippen LogP contribution in [0.3, 0.4) is 0 Å². The van der Waals surface area contributed by atoms with E-state index in [9.17, 15) is 4.79 Å². The summed E-state index contributed by atoms with van der Waals surface area (Å²) in [7, 11) is 0. The first-order valence-electron chi connectivity index (χ1n) is 8.95. The number of hydrogen-bond donors (Lipinski definition) is 3. The van der Waals surface area contributed by atoms with Crippen LogP contribution in [0.15, 0.2) is 53.6 Å². The van der Waals surface area contributed by atoms with E-state index in [0.29, 0.717) is 17.8 Å². The Kier molecular flexibility index (Phi) is 5.90. The molecule has 0 radical (unpaired) electrons. The summed E-state index contributed by atoms with van der Waals surface area (Å²) in [5.41, 5.74) is 19.9. The average molecular weight is 387 g/mol. The molecular formula is C21H21N7O. The predicted octanol–water partition coefficient (Wildman–Crippen LogP) is 2.30. The third-order valence-corrected chi connectivity index (χ3v) is 4.21. The van der Waals surface area contributed by atoms with Crippen molar-refractivity contribution >= 4 is 23.5 Å². The fraction of sp³-hybridized carbons (Fsp3) is 0.143. The number of aryl methyl sites for hydroxylation is 1. The lowest BCUT2D eigenvalue weighted by atomic mass is 10.0. The first-order chi connectivity index (χ1) is 14.0. The Morgan fingerprint density at radius 2 is 1.93 bits per heavy atom. The van der Waals surface area contributed by atoms with Crippen LogP contribution in [-0.4, -0.2) is 21.9 Å². The number of benzene rings is 2. The Labute approximate surface area is 168 Å². The van der Waals surface area contributed by atoms with E-state index in [1.807, 2.05) is 54.1 Å². The Morgan fingerprint density at radius 3 is 2.66 bits per heavy atom. The number of carbonyl (C=O) groups is 1. The fourth-order valence-electron chi connectivity index (χ4n) is 2.90. The topological polar surface area (TPSA) is 135 Å². The zero-order valence-corrected chi connectivity index (χ0v) is 16.0. The number of nitrogens with two attached hydrogens (primary N) is 2. The monoisotopic (exact) mass is 387 g/mol. The van der Waals surface area contributed by atoms with Crippen LogP contribution in [0.2, 0.25) is 0 Å². The molecule has 0 saturated carbocycles. The minimum Gasteiger partial charge on any atom is -0.399 e. The molecule has 8 heteroatoms. The minimum atomic E-state index is -0.460. The van der Waals surface area contributed by atoms with Crippen molar-refractivity contribution in [2.45, 2.75) is 19.8 Å². The molecule has 0 aliphatic carbocycles. The molecule has 0 aliphatic heterocycles. The third kappa shape index (κ3) is 4.99. The number of aromatic nitrogens is 2. The zero-order valence-electron chi connectivity index (χ0n) is 16.0. The molecule has 5 N–H and O–H groups in total. The standard InChI is InChI=1S/C21H21N7O/c1-14-10-20(28(27-14)19-6-4-17(23)5-7-19)12-16-11-18(24)3-2-15(16)13-25-26-21(29)8-9-22/h2-7,10-11,13H,8,12,23-24H2,1H3,(H,26,29)/b25-13+. The smallest absolute Gasteiger partial charge is 0.254 e. The van der Waals surface area contributed by atoms with Crippen LogP contribution in [0.5, 0.6) is 0 Å². The van der Waals surface area contributed by atoms with Gasteiger partial charge in [-0.3, -0.25) is 4.79 Å². The van der Waals surface area contributed by atoms with Gasteiger partial charge in [0.1, 0.15) is 6.42 Å². The van der Waals surface area contributed by atoms with Gasteiger partial charge in [-0.2, -0.15) is 15.5 Å². The van der Waals surface area contributed by atoms with Crippen molar-refractivity contribution in [1.29, 1.82) is 5.26 Å². The van der Waals surface area contributed by atoms with Crippen LogP contribution in [-0.2, 0) is 11.2 Å². The molecule has 1 aromatic heterocycles. The second kappa shape index (κ2) is 8.71. The van der Waals surface area contributed by atoms with E-state index in [1.165, 1.54) is 0 Å². The lowest BCUT2D eigenvalue weighted by molar-refractivity contribution is -0.120. The highest BCUT2D eigenvalue weighted by molar-refractivity contribution is 5.85. The molecule has 0 aliphatic rings. The third-order valence-electron chi connectivity index (χ3n) is 4.21. The number of rotatable bonds is 6. The van der Waals surface area contributed by atoms with Crippen LogP contribution in [0.1, 0.15) is 28.9 Å². The number of hydrogen-bond acceptors (Lipinski definition) is 6. The number of hydrazone groups is 1. The van der Waals surface area contributed by atoms with Crippen molar-refractivity contribution in [1.82, 2.24) is 15.2 Å². The molecule has 8 nitrogen and oxygen atoms in total. The highest BCUT2D eigenvalue weighted by Crippen LogP contribution is 2.20. The molecule has 3 rings (SSSR count). The molecule has 2 aromatic carbocycles. The normalized spacial score (nSPS) is 10.8. The van der Waals surface area contributed by atoms with E-state index in [-0.39, 0.29) is 6.42 Å². The average Bonchev–Trinajstić information content (AvgIpc) is 3.04. The van der Waals surface area contributed by atoms with E-state index in [2.05, 4.69) is 15.6 Å². The summed E-state index contributed by atoms with van der Waals surface area (Å²) in [4.78, 5) is 11.4. The number of amides is 1. The van der Waals surface area contributed by atoms with Gasteiger partial charge in [0.25, 0.3) is 5.91 Å². The first kappa shape index (κ1) is 19.6. The largest absolute Gasteiger partial charge is 0.399 e. The summed E-state index contributed by atoms with van der Waals surface area (Å²) in [6, 6.07) is 16.7. The lowest BCUT2D eigenvalue weighted by Gasteiger charge is -2.10. The van der Waals surface area contributed by atoms with E-state index < -0.39 is 5.91 Å². The molecule has 29 heavy (non-hydrogen) atoms. The molecule has 1 amide bonds. The molecule has 146 valence electrons. The molecule has 3 aromatic rings. The van der Waals surface area contributed by atoms with E-state index >= 15 is 0 Å². The van der Waals surface area contributed by atoms with Crippen LogP contribution in [0.4, 0.5) is 11.4 Å². The quantitative estimate of drug-likeness (QED) is 0.339. The van der Waals surface area contributed by atoms with Crippen molar-refractivity contribution in [2.75, 3.05) is 11.5 Å². The van der Waals surface area contributed by atoms with Gasteiger partial charge in [0.2, 0.25) is 0 Å². The second-order valence-corrected chi connectivity index (χ2v) is 6.54. The lowest BCUT2D eigenvalue weighted by Crippen LogP contribution is -2.16. The maximum atomic E-state index is 11.4. The summed E-state index contributed by atoms with van der Waals surface area (Å²) in [5, 5.41) is 17.1. The summed E-state index contributed by atoms with van der Waals surface area (Å²) < 4.78 is 1.87. The van der Waals surface area contributed by atoms with Crippen LogP contribution in [0.25, 0.3) is 5.69 Å². The summed E-state index contributed by atoms with van der Waals surface area (Å²) in [5.74, 6) is -0.460. The van der Waals surface area contributed by atoms with Crippen LogP contribution in [0, 0.1) is 18.3 Å². The number of anilines is 2. The van der Waals surface area contributed by atoms with Gasteiger partial charge in [-0.15, -0.1) is 0 Å². The molecule has 0 bridgehead atoms. The Hall–Kier alpha value is -4.12. The van der Waals surface area contributed by atoms with Crippen LogP contribution >= 0.6 is 0 Å². The van der Waals surface area contributed by atoms with E-state index in [0.717, 1.165) is 28.2 Å². The molecule has 0 spiro atoms. The first-order valence-corrected chi connectivity index (χ1v) is 8.95. The van der Waals surface area contributed by atoms with Gasteiger partial charge in [0, 0.05) is 23.5 Å². The molecule has 0 fully saturated rings. The molecule has 0 unspecified atom stereocenters. The van der Waals surface area contributed by atoms with Gasteiger partial charge >= 0.3 is 0 Å². The predicted molar refractivity (Wildman–Crippen MR) is 112 cm³/mol. The number of carbonyl (C=O) groups excluding carboxylic acids is 1. The van der Waals surface area contributed by atoms with Crippen molar-refractivity contribution in [3.63, 3.8) is 0 Å². The van der Waals surface area contributed by atoms with Gasteiger partial charge in [-0.1, -0.05) is 6.07 Å². The summed E-state index contributed by atoms with van der Waals surface area (Å²) in [6.45, 7) is 1.93. The van der Waals surface area contributed by atoms with E-state index in [4.69, 9.17) is 16.7 Å². The van der Waals surface area contributed by atoms with Gasteiger partial charge in [0.05, 0.1) is 23.7 Å². The number of nitrogens with one attached hydrogen (secondary N) is 1. The van der Waals surface area contributed by atoms with Gasteiger partial charge in [0.15, 0.2) is 0 Å². The molecular weight excluding hydrogens is 366 g/mol. The molecule has 0 saturated heterocycles. The van der Waals surface area contributed by atoms with Crippen molar-refractivity contribution in [2.24, 2.45) is 5.10 Å². The van der Waals surface area contributed by atoms with Gasteiger partial charge in [-0.25, -0.2) is 10.1 Å². The molecule has 1 heterocycles. The summed E-state index contributed by atoms with van der Waals surface area (Å²) in [6.07, 6.45) is 1.86. The highest BCUT2D eigenvalue weighted by Gasteiger charge is 2.11. The Morgan fingerprint density at radius 1 is 1.21 bits per heavy atom. The SMILES string of the molecule is Cc1cc(Cc2cc(N)ccc2/C=N/NC(=O)CC#N)n(-c2ccc(N)cc2)n1. The second-order valence-electron chi connectivity index (χ2n) is 6.54. The number of nitrogens with zero attached hydrogens (tertiary/aromatic N) is 4. The van der Waals surface area contributed by atoms with Crippen LogP contribution < -0.4 is 16.9 Å². The zero-order chi connectivity index (χ0) is 20.8. The van der Waals surface area contributed by atoms with Crippen molar-refractivity contribution in [3.05, 3.63) is 71.0 Å². The van der Waals surface area contributed by atoms with Gasteiger partial charge in [-0.05, 0) is 60.5 Å². The Bertz CT molecular complexity index is 1090. The highest BCUT2D eigenvalue weighted by atomic mass is 16.2. The number of nitrogen functional groups attached to an aromatic ring is 2. The van der Waals surface area contributed by atoms with E-state index in [1.54, 1.807) is 18.4 Å². The minimum absolute atomic E-state index is 0.244. The Balaban J connectivity index is 1.90. The van der Waals surface area contributed by atoms with Gasteiger partial charge < -0.3 is 11.5 Å².